The second kappa shape index (κ2) is 6.28. The largest absolute Gasteiger partial charge is 1.00 e. The van der Waals surface area contributed by atoms with E-state index in [9.17, 15) is 12.9 Å². The molecule has 0 amide bonds. The van der Waals surface area contributed by atoms with E-state index in [1.54, 1.807) is 0 Å². The average molecular weight is 232 g/mol. The zero-order valence-electron chi connectivity index (χ0n) is 9.27. The number of halogens is 3. The van der Waals surface area contributed by atoms with Crippen LogP contribution >= 0.6 is 0 Å². The van der Waals surface area contributed by atoms with Crippen molar-refractivity contribution in [1.29, 1.82) is 0 Å². The molecule has 0 bridgehead atoms. The molecule has 1 fully saturated rings. The van der Waals surface area contributed by atoms with Gasteiger partial charge in [0.15, 0.2) is 0 Å². The first-order chi connectivity index (χ1) is 5.93. The zero-order valence-corrected chi connectivity index (χ0v) is 12.4. The Hall–Kier alpha value is 1.49. The summed E-state index contributed by atoms with van der Waals surface area (Å²) in [6.45, 7) is -0.794. The zero-order chi connectivity index (χ0) is 10.1. The minimum absolute atomic E-state index is 0. The van der Waals surface area contributed by atoms with Gasteiger partial charge in [0, 0.05) is 0 Å². The first kappa shape index (κ1) is 15.5. The predicted molar refractivity (Wildman–Crippen MR) is 49.6 cm³/mol. The van der Waals surface area contributed by atoms with Crippen LogP contribution in [0.2, 0.25) is 5.82 Å². The van der Waals surface area contributed by atoms with Crippen molar-refractivity contribution in [2.75, 3.05) is 0 Å². The van der Waals surface area contributed by atoms with Crippen molar-refractivity contribution in [2.45, 2.75) is 45.3 Å². The summed E-state index contributed by atoms with van der Waals surface area (Å²) < 4.78 is 37.8. The summed E-state index contributed by atoms with van der Waals surface area (Å²) in [5.74, 6) is -0.920. The van der Waals surface area contributed by atoms with Crippen molar-refractivity contribution >= 4 is 6.98 Å². The first-order valence-electron chi connectivity index (χ1n) is 5.13. The van der Waals surface area contributed by atoms with E-state index in [0.717, 1.165) is 19.3 Å². The van der Waals surface area contributed by atoms with E-state index < -0.39 is 12.8 Å². The van der Waals surface area contributed by atoms with Gasteiger partial charge in [0.25, 0.3) is 0 Å². The van der Waals surface area contributed by atoms with Crippen molar-refractivity contribution in [3.63, 3.8) is 0 Å². The summed E-state index contributed by atoms with van der Waals surface area (Å²) in [6.07, 6.45) is 2.87. The van der Waals surface area contributed by atoms with Crippen LogP contribution in [-0.2, 0) is 0 Å². The van der Waals surface area contributed by atoms with Gasteiger partial charge in [0.1, 0.15) is 0 Å². The Balaban J connectivity index is 0.00000169. The minimum Gasteiger partial charge on any atom is -0.449 e. The molecule has 0 nitrogen and oxygen atoms in total. The molecule has 1 saturated carbocycles. The summed E-state index contributed by atoms with van der Waals surface area (Å²) in [5.41, 5.74) is 0. The Bertz CT molecular complexity index is 170. The molecule has 0 aromatic rings. The normalized spacial score (nSPS) is 28.7. The molecular weight excluding hydrogens is 215 g/mol. The standard InChI is InChI=1S/C9H17BF3.K/c1-7(2)8-5-3-4-6-9(8)10(11,12)13;/h7-9H,3-6H2,1-2H3;/q-1;+1/t8-,9?;/m1./s1. The van der Waals surface area contributed by atoms with Crippen LogP contribution < -0.4 is 51.4 Å². The van der Waals surface area contributed by atoms with Crippen LogP contribution in [0.4, 0.5) is 12.9 Å². The Morgan fingerprint density at radius 2 is 1.57 bits per heavy atom. The van der Waals surface area contributed by atoms with Gasteiger partial charge in [0.2, 0.25) is 0 Å². The van der Waals surface area contributed by atoms with Crippen LogP contribution in [0.25, 0.3) is 0 Å². The van der Waals surface area contributed by atoms with E-state index in [2.05, 4.69) is 0 Å². The molecule has 1 rings (SSSR count). The van der Waals surface area contributed by atoms with Crippen molar-refractivity contribution in [3.8, 4) is 0 Å². The second-order valence-corrected chi connectivity index (χ2v) is 4.48. The molecule has 14 heavy (non-hydrogen) atoms. The van der Waals surface area contributed by atoms with Crippen molar-refractivity contribution < 1.29 is 64.3 Å². The van der Waals surface area contributed by atoms with Gasteiger partial charge in [-0.05, 0) is 5.92 Å². The summed E-state index contributed by atoms with van der Waals surface area (Å²) in [6, 6.07) is 0. The maximum Gasteiger partial charge on any atom is 1.00 e. The predicted octanol–water partition coefficient (Wildman–Crippen LogP) is 1.05. The van der Waals surface area contributed by atoms with Crippen LogP contribution in [0.5, 0.6) is 0 Å². The maximum absolute atomic E-state index is 12.6. The summed E-state index contributed by atoms with van der Waals surface area (Å²) >= 11 is 0. The third-order valence-corrected chi connectivity index (χ3v) is 3.22. The first-order valence-corrected chi connectivity index (χ1v) is 5.13. The second-order valence-electron chi connectivity index (χ2n) is 4.48. The van der Waals surface area contributed by atoms with Gasteiger partial charge in [0.05, 0.1) is 0 Å². The molecule has 0 aromatic carbocycles. The van der Waals surface area contributed by atoms with Crippen LogP contribution in [0, 0.1) is 11.8 Å². The van der Waals surface area contributed by atoms with E-state index >= 15 is 0 Å². The Morgan fingerprint density at radius 3 is 1.93 bits per heavy atom. The fourth-order valence-corrected chi connectivity index (χ4v) is 2.49. The van der Waals surface area contributed by atoms with E-state index in [0.29, 0.717) is 6.42 Å². The molecule has 1 aliphatic carbocycles. The Morgan fingerprint density at radius 1 is 1.07 bits per heavy atom. The van der Waals surface area contributed by atoms with Gasteiger partial charge in [-0.25, -0.2) is 0 Å². The van der Waals surface area contributed by atoms with Gasteiger partial charge >= 0.3 is 58.4 Å². The van der Waals surface area contributed by atoms with Crippen LogP contribution in [0.15, 0.2) is 0 Å². The molecule has 0 aromatic heterocycles. The minimum atomic E-state index is -4.61. The van der Waals surface area contributed by atoms with Crippen molar-refractivity contribution in [1.82, 2.24) is 0 Å². The molecule has 0 radical (unpaired) electrons. The SMILES string of the molecule is CC(C)[C@H]1CCCCC1[B-](F)(F)F.[K+]. The van der Waals surface area contributed by atoms with Crippen LogP contribution in [0.3, 0.4) is 0 Å². The van der Waals surface area contributed by atoms with E-state index in [1.165, 1.54) is 0 Å². The molecule has 0 heterocycles. The topological polar surface area (TPSA) is 0 Å². The molecule has 1 aliphatic rings. The van der Waals surface area contributed by atoms with Crippen LogP contribution in [-0.4, -0.2) is 6.98 Å². The fraction of sp³-hybridized carbons (Fsp3) is 1.00. The maximum atomic E-state index is 12.6. The quantitative estimate of drug-likeness (QED) is 0.624. The Labute approximate surface area is 127 Å². The van der Waals surface area contributed by atoms with E-state index in [1.807, 2.05) is 13.8 Å². The van der Waals surface area contributed by atoms with Gasteiger partial charge in [-0.3, -0.25) is 0 Å². The van der Waals surface area contributed by atoms with Crippen molar-refractivity contribution in [3.05, 3.63) is 0 Å². The van der Waals surface area contributed by atoms with E-state index in [4.69, 9.17) is 0 Å². The third kappa shape index (κ3) is 4.16. The Kier molecular flexibility index (Phi) is 6.95. The summed E-state index contributed by atoms with van der Waals surface area (Å²) in [5, 5.41) is 0. The molecule has 1 unspecified atom stereocenters. The fourth-order valence-electron chi connectivity index (χ4n) is 2.49. The summed E-state index contributed by atoms with van der Waals surface area (Å²) in [4.78, 5) is 0. The van der Waals surface area contributed by atoms with Gasteiger partial charge in [-0.1, -0.05) is 51.3 Å². The van der Waals surface area contributed by atoms with Gasteiger partial charge in [-0.15, -0.1) is 0 Å². The molecule has 5 heteroatoms. The molecular formula is C9H17BF3K. The van der Waals surface area contributed by atoms with Gasteiger partial charge < -0.3 is 12.9 Å². The monoisotopic (exact) mass is 232 g/mol. The van der Waals surface area contributed by atoms with Gasteiger partial charge in [-0.2, -0.15) is 0 Å². The molecule has 0 N–H and O–H groups in total. The molecule has 0 saturated heterocycles. The third-order valence-electron chi connectivity index (χ3n) is 3.22. The average Bonchev–Trinajstić information content (AvgIpc) is 2.03. The number of rotatable bonds is 2. The molecule has 0 aliphatic heterocycles. The smallest absolute Gasteiger partial charge is 0.449 e. The number of hydrogen-bond acceptors (Lipinski definition) is 0. The van der Waals surface area contributed by atoms with Crippen LogP contribution in [0.1, 0.15) is 39.5 Å². The number of hydrogen-bond donors (Lipinski definition) is 0. The molecule has 78 valence electrons. The molecule has 0 spiro atoms. The molecule has 2 atom stereocenters. The summed E-state index contributed by atoms with van der Waals surface area (Å²) in [7, 11) is 0. The van der Waals surface area contributed by atoms with Crippen molar-refractivity contribution in [2.24, 2.45) is 11.8 Å². The van der Waals surface area contributed by atoms with E-state index in [-0.39, 0.29) is 63.2 Å².